The van der Waals surface area contributed by atoms with Crippen LogP contribution in [-0.2, 0) is 0 Å². The lowest BCUT2D eigenvalue weighted by molar-refractivity contribution is 1.28. The normalized spacial score (nSPS) is 14.0. The molecule has 10 aromatic rings. The van der Waals surface area contributed by atoms with Crippen LogP contribution in [0.2, 0.25) is 0 Å². The molecule has 4 heteroatoms. The van der Waals surface area contributed by atoms with E-state index >= 15 is 0 Å². The molecule has 3 heterocycles. The molecule has 0 amide bonds. The second kappa shape index (κ2) is 11.3. The van der Waals surface area contributed by atoms with E-state index in [0.717, 1.165) is 5.69 Å². The van der Waals surface area contributed by atoms with Gasteiger partial charge < -0.3 is 4.90 Å². The summed E-state index contributed by atoms with van der Waals surface area (Å²) in [6, 6.07) is 61.1. The molecular formula is C48H33NS3. The largest absolute Gasteiger partial charge is 0.310 e. The molecule has 0 fully saturated rings. The van der Waals surface area contributed by atoms with E-state index in [-0.39, 0.29) is 0 Å². The van der Waals surface area contributed by atoms with Gasteiger partial charge in [-0.05, 0) is 101 Å². The predicted octanol–water partition coefficient (Wildman–Crippen LogP) is 15.2. The van der Waals surface area contributed by atoms with Crippen molar-refractivity contribution in [2.24, 2.45) is 0 Å². The molecule has 0 radical (unpaired) electrons. The van der Waals surface area contributed by atoms with Crippen molar-refractivity contribution < 1.29 is 0 Å². The molecule has 1 aliphatic rings. The standard InChI is InChI=1S/C48H33NS3/c1-52(2)44-27-26-37-36-12-5-7-15-41(36)51-48(37)47(44)39-25-24-35(29-45(39)52)49(40-14-9-17-43-46(40)38-13-6-8-16-42(38)50-43)34-22-20-31(21-23-34)33-19-18-30-10-3-4-11-32(30)28-33/h3-29H,1-2H3. The average molecular weight is 720 g/mol. The minimum absolute atomic E-state index is 1.16. The van der Waals surface area contributed by atoms with Gasteiger partial charge in [0, 0.05) is 67.1 Å². The molecule has 248 valence electrons. The van der Waals surface area contributed by atoms with Crippen LogP contribution >= 0.6 is 32.7 Å². The molecule has 0 saturated carbocycles. The Bertz CT molecular complexity index is 3060. The summed E-state index contributed by atoms with van der Waals surface area (Å²) < 4.78 is 5.40. The molecule has 1 nitrogen and oxygen atoms in total. The fraction of sp³-hybridized carbons (Fsp3) is 0.0417. The van der Waals surface area contributed by atoms with Crippen molar-refractivity contribution in [1.29, 1.82) is 0 Å². The number of anilines is 3. The highest BCUT2D eigenvalue weighted by Gasteiger charge is 2.35. The maximum atomic E-state index is 2.51. The molecule has 2 aromatic heterocycles. The van der Waals surface area contributed by atoms with E-state index in [4.69, 9.17) is 0 Å². The molecule has 11 rings (SSSR count). The first-order chi connectivity index (χ1) is 25.5. The minimum Gasteiger partial charge on any atom is -0.310 e. The Morgan fingerprint density at radius 1 is 0.462 bits per heavy atom. The molecule has 0 saturated heterocycles. The summed E-state index contributed by atoms with van der Waals surface area (Å²) in [4.78, 5) is 5.46. The van der Waals surface area contributed by atoms with Gasteiger partial charge in [0.15, 0.2) is 0 Å². The molecule has 0 atom stereocenters. The summed E-state index contributed by atoms with van der Waals surface area (Å²) in [7, 11) is -1.26. The lowest BCUT2D eigenvalue weighted by Crippen LogP contribution is -2.11. The summed E-state index contributed by atoms with van der Waals surface area (Å²) >= 11 is 3.82. The number of hydrogen-bond donors (Lipinski definition) is 0. The van der Waals surface area contributed by atoms with Gasteiger partial charge in [0.2, 0.25) is 0 Å². The van der Waals surface area contributed by atoms with Crippen molar-refractivity contribution in [3.05, 3.63) is 164 Å². The molecule has 0 aliphatic carbocycles. The summed E-state index contributed by atoms with van der Waals surface area (Å²) in [6.07, 6.45) is 4.97. The van der Waals surface area contributed by atoms with Crippen molar-refractivity contribution in [1.82, 2.24) is 0 Å². The van der Waals surface area contributed by atoms with Crippen molar-refractivity contribution >= 4 is 101 Å². The Balaban J connectivity index is 1.11. The Labute approximate surface area is 312 Å². The van der Waals surface area contributed by atoms with Crippen LogP contribution in [0.15, 0.2) is 174 Å². The zero-order valence-corrected chi connectivity index (χ0v) is 31.2. The number of fused-ring (bicyclic) bond motifs is 11. The third kappa shape index (κ3) is 4.42. The van der Waals surface area contributed by atoms with Gasteiger partial charge in [-0.3, -0.25) is 0 Å². The number of thiophene rings is 2. The summed E-state index contributed by atoms with van der Waals surface area (Å²) in [6.45, 7) is 0. The maximum absolute atomic E-state index is 2.51. The topological polar surface area (TPSA) is 3.24 Å². The number of hydrogen-bond acceptors (Lipinski definition) is 3. The fourth-order valence-electron chi connectivity index (χ4n) is 8.39. The fourth-order valence-corrected chi connectivity index (χ4v) is 13.3. The van der Waals surface area contributed by atoms with Crippen molar-refractivity contribution in [3.63, 3.8) is 0 Å². The van der Waals surface area contributed by atoms with Crippen molar-refractivity contribution in [2.75, 3.05) is 17.4 Å². The van der Waals surface area contributed by atoms with E-state index in [1.165, 1.54) is 94.5 Å². The predicted molar refractivity (Wildman–Crippen MR) is 231 cm³/mol. The Hall–Kier alpha value is -5.39. The molecular weight excluding hydrogens is 687 g/mol. The second-order valence-electron chi connectivity index (χ2n) is 14.1. The Morgan fingerprint density at radius 3 is 2.00 bits per heavy atom. The lowest BCUT2D eigenvalue weighted by atomic mass is 10.00. The van der Waals surface area contributed by atoms with Gasteiger partial charge in [-0.15, -0.1) is 22.7 Å². The van der Waals surface area contributed by atoms with E-state index in [2.05, 4.69) is 181 Å². The molecule has 52 heavy (non-hydrogen) atoms. The van der Waals surface area contributed by atoms with Crippen LogP contribution in [0.5, 0.6) is 0 Å². The summed E-state index contributed by atoms with van der Waals surface area (Å²) in [5.41, 5.74) is 8.85. The van der Waals surface area contributed by atoms with Gasteiger partial charge in [0.05, 0.1) is 5.69 Å². The minimum atomic E-state index is -1.26. The first-order valence-corrected chi connectivity index (χ1v) is 21.7. The van der Waals surface area contributed by atoms with Gasteiger partial charge in [-0.2, -0.15) is 10.0 Å². The third-order valence-electron chi connectivity index (χ3n) is 10.9. The van der Waals surface area contributed by atoms with Crippen LogP contribution in [0.3, 0.4) is 0 Å². The zero-order valence-electron chi connectivity index (χ0n) is 28.8. The van der Waals surface area contributed by atoms with Crippen LogP contribution < -0.4 is 4.90 Å². The number of benzene rings is 8. The molecule has 0 bridgehead atoms. The van der Waals surface area contributed by atoms with E-state index in [9.17, 15) is 0 Å². The van der Waals surface area contributed by atoms with E-state index in [0.29, 0.717) is 0 Å². The summed E-state index contributed by atoms with van der Waals surface area (Å²) in [5.74, 6) is 0. The van der Waals surface area contributed by atoms with Crippen LogP contribution in [0.25, 0.3) is 73.4 Å². The lowest BCUT2D eigenvalue weighted by Gasteiger charge is -2.31. The van der Waals surface area contributed by atoms with Crippen LogP contribution in [-0.4, -0.2) is 12.5 Å². The van der Waals surface area contributed by atoms with Gasteiger partial charge in [-0.25, -0.2) is 0 Å². The molecule has 0 spiro atoms. The molecule has 0 unspecified atom stereocenters. The van der Waals surface area contributed by atoms with E-state index < -0.39 is 10.0 Å². The van der Waals surface area contributed by atoms with Gasteiger partial charge in [-0.1, -0.05) is 103 Å². The van der Waals surface area contributed by atoms with Gasteiger partial charge >= 0.3 is 0 Å². The van der Waals surface area contributed by atoms with E-state index in [1.54, 1.807) is 0 Å². The second-order valence-corrected chi connectivity index (χ2v) is 19.8. The monoisotopic (exact) mass is 719 g/mol. The SMILES string of the molecule is CS1(C)c2cc(N(c3ccc(-c4ccc5ccccc5c4)cc3)c3cccc4sc5ccccc5c34)ccc2-c2c1ccc1c2sc2ccccc21. The smallest absolute Gasteiger partial charge is 0.0554 e. The van der Waals surface area contributed by atoms with Crippen LogP contribution in [0.1, 0.15) is 0 Å². The van der Waals surface area contributed by atoms with Crippen molar-refractivity contribution in [3.8, 4) is 22.3 Å². The zero-order chi connectivity index (χ0) is 34.6. The highest BCUT2D eigenvalue weighted by Crippen LogP contribution is 2.69. The van der Waals surface area contributed by atoms with Gasteiger partial charge in [0.1, 0.15) is 0 Å². The van der Waals surface area contributed by atoms with Crippen molar-refractivity contribution in [2.45, 2.75) is 9.79 Å². The summed E-state index contributed by atoms with van der Waals surface area (Å²) in [5, 5.41) is 7.88. The highest BCUT2D eigenvalue weighted by molar-refractivity contribution is 8.33. The average Bonchev–Trinajstić information content (AvgIpc) is 3.83. The maximum Gasteiger partial charge on any atom is 0.0554 e. The number of rotatable bonds is 4. The first-order valence-electron chi connectivity index (χ1n) is 17.6. The third-order valence-corrected chi connectivity index (χ3v) is 16.1. The Morgan fingerprint density at radius 2 is 1.15 bits per heavy atom. The molecule has 1 aliphatic heterocycles. The first kappa shape index (κ1) is 30.3. The van der Waals surface area contributed by atoms with Crippen LogP contribution in [0, 0.1) is 0 Å². The molecule has 8 aromatic carbocycles. The quantitative estimate of drug-likeness (QED) is 0.175. The highest BCUT2D eigenvalue weighted by atomic mass is 32.3. The molecule has 0 N–H and O–H groups in total. The van der Waals surface area contributed by atoms with Crippen LogP contribution in [0.4, 0.5) is 17.1 Å². The van der Waals surface area contributed by atoms with E-state index in [1.807, 2.05) is 22.7 Å². The van der Waals surface area contributed by atoms with Gasteiger partial charge in [0.25, 0.3) is 0 Å². The Kier molecular flexibility index (Phi) is 6.58. The number of nitrogens with zero attached hydrogens (tertiary/aromatic N) is 1.